The van der Waals surface area contributed by atoms with Gasteiger partial charge in [0.1, 0.15) is 6.11 Å². The van der Waals surface area contributed by atoms with Crippen LogP contribution in [0.15, 0.2) is 0 Å². The van der Waals surface area contributed by atoms with Gasteiger partial charge in [0.15, 0.2) is 0 Å². The molecule has 0 rings (SSSR count). The van der Waals surface area contributed by atoms with Crippen LogP contribution < -0.4 is 5.32 Å². The van der Waals surface area contributed by atoms with Crippen molar-refractivity contribution in [1.29, 1.82) is 0 Å². The van der Waals surface area contributed by atoms with Crippen molar-refractivity contribution in [2.45, 2.75) is 6.92 Å². The first-order valence-electron chi connectivity index (χ1n) is 2.17. The van der Waals surface area contributed by atoms with E-state index in [2.05, 4.69) is 22.2 Å². The van der Waals surface area contributed by atoms with E-state index in [0.717, 1.165) is 6.54 Å². The molecule has 0 aliphatic rings. The van der Waals surface area contributed by atoms with Crippen molar-refractivity contribution in [3.8, 4) is 12.2 Å². The van der Waals surface area contributed by atoms with Crippen molar-refractivity contribution >= 4 is 0 Å². The second-order valence-electron chi connectivity index (χ2n) is 0.962. The van der Waals surface area contributed by atoms with E-state index < -0.39 is 0 Å². The Morgan fingerprint density at radius 1 is 1.71 bits per heavy atom. The zero-order chi connectivity index (χ0) is 5.54. The van der Waals surface area contributed by atoms with Crippen LogP contribution in [0.5, 0.6) is 0 Å². The van der Waals surface area contributed by atoms with E-state index in [4.69, 9.17) is 0 Å². The van der Waals surface area contributed by atoms with Gasteiger partial charge in [-0.1, -0.05) is 0 Å². The summed E-state index contributed by atoms with van der Waals surface area (Å²) in [6.07, 6.45) is 2.39. The highest BCUT2D eigenvalue weighted by atomic mass is 16.5. The molecule has 40 valence electrons. The highest BCUT2D eigenvalue weighted by molar-refractivity contribution is 4.86. The van der Waals surface area contributed by atoms with Gasteiger partial charge in [0.2, 0.25) is 0 Å². The molecule has 0 fully saturated rings. The number of ether oxygens (including phenoxy) is 1. The SMILES string of the molecule is CCNC#COC. The molecule has 0 aromatic heterocycles. The van der Waals surface area contributed by atoms with Gasteiger partial charge in [-0.2, -0.15) is 0 Å². The number of rotatable bonds is 1. The monoisotopic (exact) mass is 99.1 g/mol. The number of methoxy groups -OCH3 is 1. The Hall–Kier alpha value is -0.840. The van der Waals surface area contributed by atoms with Crippen molar-refractivity contribution in [2.75, 3.05) is 13.7 Å². The summed E-state index contributed by atoms with van der Waals surface area (Å²) in [7, 11) is 1.53. The Morgan fingerprint density at radius 3 is 2.86 bits per heavy atom. The van der Waals surface area contributed by atoms with E-state index in [9.17, 15) is 0 Å². The Kier molecular flexibility index (Phi) is 4.54. The van der Waals surface area contributed by atoms with Gasteiger partial charge < -0.3 is 10.1 Å². The van der Waals surface area contributed by atoms with E-state index >= 15 is 0 Å². The summed E-state index contributed by atoms with van der Waals surface area (Å²) in [5.41, 5.74) is 0. The summed E-state index contributed by atoms with van der Waals surface area (Å²) in [5, 5.41) is 2.76. The molecule has 0 aromatic rings. The van der Waals surface area contributed by atoms with E-state index in [1.54, 1.807) is 0 Å². The zero-order valence-electron chi connectivity index (χ0n) is 4.62. The summed E-state index contributed by atoms with van der Waals surface area (Å²) in [4.78, 5) is 0. The number of hydrogen-bond acceptors (Lipinski definition) is 2. The molecule has 0 amide bonds. The molecular weight excluding hydrogens is 90.1 g/mol. The fourth-order valence-corrected chi connectivity index (χ4v) is 0.176. The minimum absolute atomic E-state index is 0.858. The lowest BCUT2D eigenvalue weighted by Gasteiger charge is -1.82. The summed E-state index contributed by atoms with van der Waals surface area (Å²) < 4.78 is 4.42. The molecule has 0 atom stereocenters. The minimum atomic E-state index is 0.858. The molecule has 0 heterocycles. The van der Waals surface area contributed by atoms with Gasteiger partial charge in [-0.3, -0.25) is 0 Å². The maximum Gasteiger partial charge on any atom is 0.133 e. The summed E-state index contributed by atoms with van der Waals surface area (Å²) in [5.74, 6) is 0. The average Bonchev–Trinajstić information content (AvgIpc) is 1.69. The van der Waals surface area contributed by atoms with Crippen LogP contribution in [0.25, 0.3) is 0 Å². The number of nitrogens with one attached hydrogen (secondary N) is 1. The van der Waals surface area contributed by atoms with E-state index in [1.807, 2.05) is 6.92 Å². The molecule has 0 spiro atoms. The van der Waals surface area contributed by atoms with Gasteiger partial charge in [-0.05, 0) is 6.92 Å². The summed E-state index contributed by atoms with van der Waals surface area (Å²) in [6, 6.07) is 2.56. The third kappa shape index (κ3) is 5.16. The molecular formula is C5H9NO. The van der Waals surface area contributed by atoms with Crippen LogP contribution in [0.2, 0.25) is 0 Å². The average molecular weight is 99.1 g/mol. The Labute approximate surface area is 43.9 Å². The molecule has 2 heteroatoms. The van der Waals surface area contributed by atoms with Crippen LogP contribution in [0.1, 0.15) is 6.92 Å². The topological polar surface area (TPSA) is 21.3 Å². The second kappa shape index (κ2) is 5.16. The highest BCUT2D eigenvalue weighted by Crippen LogP contribution is 1.51. The van der Waals surface area contributed by atoms with E-state index in [1.165, 1.54) is 7.11 Å². The second-order valence-corrected chi connectivity index (χ2v) is 0.962. The van der Waals surface area contributed by atoms with Crippen molar-refractivity contribution in [1.82, 2.24) is 5.32 Å². The third-order valence-electron chi connectivity index (χ3n) is 0.418. The maximum atomic E-state index is 4.42. The van der Waals surface area contributed by atoms with Crippen LogP contribution in [0.4, 0.5) is 0 Å². The minimum Gasteiger partial charge on any atom is -0.449 e. The molecule has 0 unspecified atom stereocenters. The number of hydrogen-bond donors (Lipinski definition) is 1. The first-order valence-corrected chi connectivity index (χ1v) is 2.17. The van der Waals surface area contributed by atoms with Gasteiger partial charge in [0, 0.05) is 12.6 Å². The largest absolute Gasteiger partial charge is 0.449 e. The molecule has 0 saturated carbocycles. The van der Waals surface area contributed by atoms with Crippen molar-refractivity contribution in [3.05, 3.63) is 0 Å². The third-order valence-corrected chi connectivity index (χ3v) is 0.418. The quantitative estimate of drug-likeness (QED) is 0.373. The van der Waals surface area contributed by atoms with Gasteiger partial charge >= 0.3 is 0 Å². The lowest BCUT2D eigenvalue weighted by molar-refractivity contribution is 0.371. The van der Waals surface area contributed by atoms with Crippen LogP contribution >= 0.6 is 0 Å². The lowest BCUT2D eigenvalue weighted by atomic mass is 10.8. The smallest absolute Gasteiger partial charge is 0.133 e. The molecule has 2 nitrogen and oxygen atoms in total. The molecule has 1 N–H and O–H groups in total. The normalized spacial score (nSPS) is 6.00. The molecule has 0 saturated heterocycles. The Morgan fingerprint density at radius 2 is 2.43 bits per heavy atom. The van der Waals surface area contributed by atoms with Crippen LogP contribution in [-0.4, -0.2) is 13.7 Å². The molecule has 7 heavy (non-hydrogen) atoms. The fourth-order valence-electron chi connectivity index (χ4n) is 0.176. The summed E-state index contributed by atoms with van der Waals surface area (Å²) >= 11 is 0. The van der Waals surface area contributed by atoms with Gasteiger partial charge in [0.05, 0.1) is 7.11 Å². The van der Waals surface area contributed by atoms with Crippen LogP contribution in [0.3, 0.4) is 0 Å². The van der Waals surface area contributed by atoms with Crippen molar-refractivity contribution < 1.29 is 4.74 Å². The predicted octanol–water partition coefficient (Wildman–Crippen LogP) is 0.161. The maximum absolute atomic E-state index is 4.42. The highest BCUT2D eigenvalue weighted by Gasteiger charge is 1.60. The molecule has 0 aromatic carbocycles. The van der Waals surface area contributed by atoms with E-state index in [0.29, 0.717) is 0 Å². The summed E-state index contributed by atoms with van der Waals surface area (Å²) in [6.45, 7) is 2.83. The lowest BCUT2D eigenvalue weighted by Crippen LogP contribution is -2.02. The van der Waals surface area contributed by atoms with Crippen LogP contribution in [-0.2, 0) is 4.74 Å². The molecule has 0 radical (unpaired) electrons. The standard InChI is InChI=1S/C5H9NO/c1-3-6-4-5-7-2/h6H,3H2,1-2H3. The molecule has 0 aliphatic heterocycles. The first-order chi connectivity index (χ1) is 3.41. The van der Waals surface area contributed by atoms with E-state index in [-0.39, 0.29) is 0 Å². The van der Waals surface area contributed by atoms with Crippen LogP contribution in [0, 0.1) is 12.2 Å². The van der Waals surface area contributed by atoms with Gasteiger partial charge in [0.25, 0.3) is 0 Å². The zero-order valence-corrected chi connectivity index (χ0v) is 4.62. The Balaban J connectivity index is 2.91. The van der Waals surface area contributed by atoms with Crippen molar-refractivity contribution in [3.63, 3.8) is 0 Å². The van der Waals surface area contributed by atoms with Gasteiger partial charge in [-0.25, -0.2) is 0 Å². The predicted molar refractivity (Wildman–Crippen MR) is 28.5 cm³/mol. The Bertz CT molecular complexity index is 79.8. The first kappa shape index (κ1) is 6.16. The molecule has 0 aliphatic carbocycles. The fraction of sp³-hybridized carbons (Fsp3) is 0.600. The van der Waals surface area contributed by atoms with Gasteiger partial charge in [-0.15, -0.1) is 0 Å². The van der Waals surface area contributed by atoms with Crippen molar-refractivity contribution in [2.24, 2.45) is 0 Å². The molecule has 0 bridgehead atoms.